The van der Waals surface area contributed by atoms with Crippen LogP contribution in [0.1, 0.15) is 79.0 Å². The summed E-state index contributed by atoms with van der Waals surface area (Å²) >= 11 is 0. The second-order valence-electron chi connectivity index (χ2n) is 12.3. The summed E-state index contributed by atoms with van der Waals surface area (Å²) < 4.78 is 32.8. The zero-order chi connectivity index (χ0) is 36.2. The van der Waals surface area contributed by atoms with E-state index in [9.17, 15) is 24.5 Å². The van der Waals surface area contributed by atoms with Crippen LogP contribution in [-0.2, 0) is 28.1 Å². The van der Waals surface area contributed by atoms with Crippen molar-refractivity contribution < 1.29 is 37.8 Å². The van der Waals surface area contributed by atoms with Crippen LogP contribution in [0.5, 0.6) is 0 Å². The van der Waals surface area contributed by atoms with Crippen LogP contribution in [0.3, 0.4) is 0 Å². The first-order valence-electron chi connectivity index (χ1n) is 16.1. The number of ether oxygens (including phenoxy) is 3. The van der Waals surface area contributed by atoms with Gasteiger partial charge in [-0.1, -0.05) is 39.0 Å². The number of anilines is 1. The maximum atomic E-state index is 13.0. The molecule has 0 spiro atoms. The van der Waals surface area contributed by atoms with Crippen molar-refractivity contribution in [3.8, 4) is 6.07 Å². The molecule has 16 nitrogen and oxygen atoms in total. The maximum absolute atomic E-state index is 13.0. The minimum absolute atomic E-state index is 0.0128. The lowest BCUT2D eigenvalue weighted by Crippen LogP contribution is -2.37. The van der Waals surface area contributed by atoms with Crippen LogP contribution in [0.15, 0.2) is 41.3 Å². The fourth-order valence-electron chi connectivity index (χ4n) is 5.06. The van der Waals surface area contributed by atoms with Crippen molar-refractivity contribution in [1.29, 1.82) is 5.26 Å². The van der Waals surface area contributed by atoms with Gasteiger partial charge in [0, 0.05) is 48.2 Å². The van der Waals surface area contributed by atoms with E-state index in [1.165, 1.54) is 22.9 Å². The van der Waals surface area contributed by atoms with Gasteiger partial charge in [0.25, 0.3) is 14.2 Å². The number of amides is 1. The molecule has 1 unspecified atom stereocenters. The van der Waals surface area contributed by atoms with Crippen molar-refractivity contribution in [2.45, 2.75) is 97.7 Å². The molecule has 0 radical (unpaired) electrons. The van der Waals surface area contributed by atoms with Gasteiger partial charge in [0.05, 0.1) is 30.1 Å². The molecule has 1 fully saturated rings. The molecule has 1 amide bonds. The largest absolute Gasteiger partial charge is 0.508 e. The van der Waals surface area contributed by atoms with E-state index in [0.29, 0.717) is 5.56 Å². The first kappa shape index (κ1) is 39.4. The van der Waals surface area contributed by atoms with Crippen LogP contribution >= 0.6 is 8.53 Å². The Morgan fingerprint density at radius 1 is 1.16 bits per heavy atom. The Balaban J connectivity index is 1.79. The first-order chi connectivity index (χ1) is 23.2. The van der Waals surface area contributed by atoms with Crippen LogP contribution < -0.4 is 11.0 Å². The third-order valence-corrected chi connectivity index (χ3v) is 9.62. The molecular weight excluding hydrogens is 659 g/mol. The van der Waals surface area contributed by atoms with E-state index in [2.05, 4.69) is 16.4 Å². The van der Waals surface area contributed by atoms with Crippen molar-refractivity contribution in [2.24, 2.45) is 5.92 Å². The molecule has 1 aliphatic heterocycles. The Kier molecular flexibility index (Phi) is 15.0. The monoisotopic (exact) mass is 704 g/mol. The number of nitrogens with zero attached hydrogens (tertiary/aromatic N) is 5. The average Bonchev–Trinajstić information content (AvgIpc) is 3.44. The Morgan fingerprint density at radius 3 is 2.47 bits per heavy atom. The van der Waals surface area contributed by atoms with Crippen LogP contribution in [0, 0.1) is 27.4 Å². The Hall–Kier alpha value is -4.00. The number of carbonyl (C=O) groups excluding carboxylic acids is 2. The highest BCUT2D eigenvalue weighted by molar-refractivity contribution is 7.44. The fourth-order valence-corrected chi connectivity index (χ4v) is 6.82. The minimum Gasteiger partial charge on any atom is -0.434 e. The van der Waals surface area contributed by atoms with E-state index in [4.69, 9.17) is 28.5 Å². The summed E-state index contributed by atoms with van der Waals surface area (Å²) in [4.78, 5) is 52.8. The molecule has 17 heteroatoms. The van der Waals surface area contributed by atoms with Crippen molar-refractivity contribution in [3.63, 3.8) is 0 Å². The van der Waals surface area contributed by atoms with E-state index >= 15 is 0 Å². The predicted octanol–water partition coefficient (Wildman–Crippen LogP) is 5.65. The van der Waals surface area contributed by atoms with Crippen LogP contribution in [0.2, 0.25) is 0 Å². The Labute approximate surface area is 286 Å². The lowest BCUT2D eigenvalue weighted by molar-refractivity contribution is -0.385. The lowest BCUT2D eigenvalue weighted by atomic mass is 10.0. The zero-order valence-corrected chi connectivity index (χ0v) is 29.7. The highest BCUT2D eigenvalue weighted by Gasteiger charge is 2.42. The molecule has 0 saturated carbocycles. The Bertz CT molecular complexity index is 1520. The lowest BCUT2D eigenvalue weighted by Gasteiger charge is -2.37. The molecule has 268 valence electrons. The van der Waals surface area contributed by atoms with Crippen molar-refractivity contribution in [2.75, 3.05) is 25.1 Å². The quantitative estimate of drug-likeness (QED) is 0.0697. The molecule has 1 N–H and O–H groups in total. The molecule has 1 aromatic heterocycles. The summed E-state index contributed by atoms with van der Waals surface area (Å²) in [5, 5.41) is 23.1. The van der Waals surface area contributed by atoms with Gasteiger partial charge in [-0.3, -0.25) is 19.5 Å². The summed E-state index contributed by atoms with van der Waals surface area (Å²) in [5.41, 5.74) is -0.342. The average molecular weight is 705 g/mol. The van der Waals surface area contributed by atoms with Crippen LogP contribution in [-0.4, -0.2) is 75.3 Å². The molecule has 2 aromatic rings. The molecule has 1 saturated heterocycles. The number of aromatic nitrogens is 2. The normalized spacial score (nSPS) is 18.8. The maximum Gasteiger partial charge on any atom is 0.508 e. The second kappa shape index (κ2) is 18.7. The molecule has 0 bridgehead atoms. The molecule has 2 heterocycles. The predicted molar refractivity (Wildman–Crippen MR) is 179 cm³/mol. The number of nitro benzene ring substituents is 1. The first-order valence-corrected chi connectivity index (χ1v) is 17.2. The van der Waals surface area contributed by atoms with Crippen LogP contribution in [0.25, 0.3) is 0 Å². The highest BCUT2D eigenvalue weighted by Crippen LogP contribution is 2.50. The third-order valence-electron chi connectivity index (χ3n) is 7.47. The molecule has 1 aromatic carbocycles. The summed E-state index contributed by atoms with van der Waals surface area (Å²) in [5.74, 6) is -0.991. The third kappa shape index (κ3) is 11.3. The topological polar surface area (TPSA) is 197 Å². The fraction of sp³-hybridized carbons (Fsp3) is 0.594. The van der Waals surface area contributed by atoms with Gasteiger partial charge in [-0.05, 0) is 33.8 Å². The molecule has 0 aliphatic carbocycles. The number of nitro groups is 1. The van der Waals surface area contributed by atoms with Gasteiger partial charge in [0.15, 0.2) is 0 Å². The van der Waals surface area contributed by atoms with Gasteiger partial charge >= 0.3 is 11.8 Å². The number of rotatable bonds is 17. The standard InChI is InChI=1S/C32H45N6O10P/c1-20(2)30(39)34-28-13-15-36(31(40)35-28)29-17-26(48-49(46-16-10-14-33)37(21(3)4)22(5)6)27(47-29)19-45-32(41)44-18-23(7)24-11-8-9-12-25(24)38(42)43/h8-9,11-13,15,20-23,26-27,29H,10,16-19H2,1-7H3,(H,34,35,39,40)/t23-,26+,27-,29-,49?/m1/s1. The number of nitriles is 1. The number of nitrogens with one attached hydrogen (secondary N) is 1. The number of carbonyl (C=O) groups is 2. The van der Waals surface area contributed by atoms with E-state index in [-0.39, 0.29) is 68.1 Å². The van der Waals surface area contributed by atoms with Gasteiger partial charge in [0.1, 0.15) is 31.4 Å². The Morgan fingerprint density at radius 2 is 1.86 bits per heavy atom. The van der Waals surface area contributed by atoms with E-state index in [1.807, 2.05) is 32.4 Å². The van der Waals surface area contributed by atoms with Crippen molar-refractivity contribution >= 4 is 32.1 Å². The van der Waals surface area contributed by atoms with E-state index in [0.717, 1.165) is 0 Å². The highest BCUT2D eigenvalue weighted by atomic mass is 31.2. The summed E-state index contributed by atoms with van der Waals surface area (Å²) in [6.07, 6.45) is -1.73. The van der Waals surface area contributed by atoms with Gasteiger partial charge in [-0.25, -0.2) is 14.3 Å². The van der Waals surface area contributed by atoms with Gasteiger partial charge < -0.3 is 28.6 Å². The van der Waals surface area contributed by atoms with E-state index in [1.54, 1.807) is 39.0 Å². The molecule has 1 aliphatic rings. The number of hydrogen-bond donors (Lipinski definition) is 1. The number of para-hydroxylation sites is 1. The molecule has 3 rings (SSSR count). The van der Waals surface area contributed by atoms with Gasteiger partial charge in [0.2, 0.25) is 5.91 Å². The molecule has 5 atom stereocenters. The van der Waals surface area contributed by atoms with Gasteiger partial charge in [-0.15, -0.1) is 0 Å². The molecule has 49 heavy (non-hydrogen) atoms. The van der Waals surface area contributed by atoms with Gasteiger partial charge in [-0.2, -0.15) is 10.2 Å². The SMILES string of the molecule is CC(C)C(=O)Nc1ccn([C@H]2C[C@H](OP(OCCC#N)N(C(C)C)C(C)C)[C@@H](COC(=O)OC[C@@H](C)c3ccccc3[N+](=O)[O-])O2)c(=O)n1. The zero-order valence-electron chi connectivity index (χ0n) is 28.8. The minimum atomic E-state index is -1.72. The number of benzene rings is 1. The summed E-state index contributed by atoms with van der Waals surface area (Å²) in [7, 11) is -1.72. The van der Waals surface area contributed by atoms with Crippen LogP contribution in [0.4, 0.5) is 16.3 Å². The van der Waals surface area contributed by atoms with Crippen molar-refractivity contribution in [3.05, 3.63) is 62.7 Å². The smallest absolute Gasteiger partial charge is 0.434 e. The molecular formula is C32H45N6O10P. The second-order valence-corrected chi connectivity index (χ2v) is 13.7. The summed E-state index contributed by atoms with van der Waals surface area (Å²) in [6.45, 7) is 12.8. The summed E-state index contributed by atoms with van der Waals surface area (Å²) in [6, 6.07) is 9.78. The number of hydrogen-bond acceptors (Lipinski definition) is 13. The van der Waals surface area contributed by atoms with E-state index < -0.39 is 49.6 Å². The van der Waals surface area contributed by atoms with Crippen molar-refractivity contribution in [1.82, 2.24) is 14.2 Å².